The van der Waals surface area contributed by atoms with Gasteiger partial charge in [0.2, 0.25) is 0 Å². The van der Waals surface area contributed by atoms with Crippen molar-refractivity contribution in [1.82, 2.24) is 4.98 Å². The number of imidazole rings is 1. The highest BCUT2D eigenvalue weighted by Gasteiger charge is 2.29. The van der Waals surface area contributed by atoms with E-state index in [4.69, 9.17) is 0 Å². The summed E-state index contributed by atoms with van der Waals surface area (Å²) in [5.41, 5.74) is 0. The topological polar surface area (TPSA) is 29.9 Å². The van der Waals surface area contributed by atoms with Gasteiger partial charge in [0.05, 0.1) is 5.92 Å². The molecule has 0 saturated heterocycles. The second-order valence-electron chi connectivity index (χ2n) is 2.31. The zero-order valence-electron chi connectivity index (χ0n) is 4.65. The van der Waals surface area contributed by atoms with E-state index >= 15 is 0 Å². The molecular formula is C6H9N2+. The Kier molecular flexibility index (Phi) is 0.692. The highest BCUT2D eigenvalue weighted by molar-refractivity contribution is 4.98. The van der Waals surface area contributed by atoms with Crippen molar-refractivity contribution in [3.8, 4) is 0 Å². The van der Waals surface area contributed by atoms with Crippen LogP contribution in [0.25, 0.3) is 0 Å². The lowest BCUT2D eigenvalue weighted by Gasteiger charge is -1.75. The van der Waals surface area contributed by atoms with Gasteiger partial charge in [0.1, 0.15) is 12.4 Å². The zero-order chi connectivity index (χ0) is 5.40. The van der Waals surface area contributed by atoms with E-state index in [9.17, 15) is 0 Å². The SMILES string of the molecule is c1c[nH+]c(C2CC2)[nH]1. The van der Waals surface area contributed by atoms with Crippen LogP contribution < -0.4 is 4.98 Å². The largest absolute Gasteiger partial charge is 0.255 e. The fraction of sp³-hybridized carbons (Fsp3) is 0.500. The molecule has 1 aromatic rings. The Morgan fingerprint density at radius 1 is 1.62 bits per heavy atom. The average Bonchev–Trinajstić information content (AvgIpc) is 2.49. The van der Waals surface area contributed by atoms with E-state index in [1.165, 1.54) is 18.7 Å². The molecule has 0 unspecified atom stereocenters. The smallest absolute Gasteiger partial charge is 0.247 e. The molecule has 2 heteroatoms. The van der Waals surface area contributed by atoms with Gasteiger partial charge in [-0.3, -0.25) is 0 Å². The van der Waals surface area contributed by atoms with Gasteiger partial charge in [0, 0.05) is 0 Å². The van der Waals surface area contributed by atoms with E-state index in [0.717, 1.165) is 5.92 Å². The summed E-state index contributed by atoms with van der Waals surface area (Å²) in [6.45, 7) is 0. The summed E-state index contributed by atoms with van der Waals surface area (Å²) in [4.78, 5) is 6.29. The van der Waals surface area contributed by atoms with E-state index in [2.05, 4.69) is 9.97 Å². The molecule has 1 aromatic heterocycles. The van der Waals surface area contributed by atoms with Gasteiger partial charge in [-0.2, -0.15) is 0 Å². The van der Waals surface area contributed by atoms with Crippen LogP contribution in [0, 0.1) is 0 Å². The Labute approximate surface area is 47.9 Å². The molecule has 0 radical (unpaired) electrons. The molecule has 1 aliphatic rings. The van der Waals surface area contributed by atoms with Gasteiger partial charge in [-0.1, -0.05) is 0 Å². The minimum atomic E-state index is 0.824. The number of aromatic nitrogens is 2. The summed E-state index contributed by atoms with van der Waals surface area (Å²) in [5, 5.41) is 0. The third-order valence-corrected chi connectivity index (χ3v) is 1.55. The Hall–Kier alpha value is -0.790. The summed E-state index contributed by atoms with van der Waals surface area (Å²) in [6.07, 6.45) is 6.59. The number of hydrogen-bond donors (Lipinski definition) is 1. The molecule has 2 N–H and O–H groups in total. The van der Waals surface area contributed by atoms with Crippen molar-refractivity contribution in [2.45, 2.75) is 18.8 Å². The van der Waals surface area contributed by atoms with Crippen LogP contribution >= 0.6 is 0 Å². The van der Waals surface area contributed by atoms with Crippen LogP contribution in [0.1, 0.15) is 24.6 Å². The number of rotatable bonds is 1. The van der Waals surface area contributed by atoms with E-state index in [-0.39, 0.29) is 0 Å². The molecule has 0 spiro atoms. The van der Waals surface area contributed by atoms with Crippen LogP contribution in [0.5, 0.6) is 0 Å². The molecule has 2 rings (SSSR count). The highest BCUT2D eigenvalue weighted by atomic mass is 14.9. The molecule has 0 bridgehead atoms. The van der Waals surface area contributed by atoms with Crippen molar-refractivity contribution >= 4 is 0 Å². The maximum Gasteiger partial charge on any atom is 0.255 e. The minimum absolute atomic E-state index is 0.824. The van der Waals surface area contributed by atoms with E-state index in [0.29, 0.717) is 0 Å². The Bertz CT molecular complexity index is 163. The highest BCUT2D eigenvalue weighted by Crippen LogP contribution is 2.36. The van der Waals surface area contributed by atoms with Gasteiger partial charge in [-0.15, -0.1) is 0 Å². The summed E-state index contributed by atoms with van der Waals surface area (Å²) in [7, 11) is 0. The van der Waals surface area contributed by atoms with Gasteiger partial charge >= 0.3 is 0 Å². The second-order valence-corrected chi connectivity index (χ2v) is 2.31. The monoisotopic (exact) mass is 109 g/mol. The van der Waals surface area contributed by atoms with Crippen molar-refractivity contribution < 1.29 is 4.98 Å². The summed E-state index contributed by atoms with van der Waals surface area (Å²) < 4.78 is 0. The maximum atomic E-state index is 3.14. The molecular weight excluding hydrogens is 100 g/mol. The molecule has 0 aliphatic heterocycles. The summed E-state index contributed by atoms with van der Waals surface area (Å²) in [5.74, 6) is 2.12. The number of nitrogens with one attached hydrogen (secondary N) is 2. The van der Waals surface area contributed by atoms with Crippen LogP contribution in [0.2, 0.25) is 0 Å². The van der Waals surface area contributed by atoms with Crippen molar-refractivity contribution in [1.29, 1.82) is 0 Å². The number of H-pyrrole nitrogens is 2. The van der Waals surface area contributed by atoms with Crippen molar-refractivity contribution in [3.63, 3.8) is 0 Å². The normalized spacial score (nSPS) is 19.0. The molecule has 0 atom stereocenters. The first-order valence-electron chi connectivity index (χ1n) is 3.02. The fourth-order valence-electron chi connectivity index (χ4n) is 0.912. The van der Waals surface area contributed by atoms with Crippen LogP contribution in [-0.2, 0) is 0 Å². The first kappa shape index (κ1) is 4.13. The predicted octanol–water partition coefficient (Wildman–Crippen LogP) is 0.706. The summed E-state index contributed by atoms with van der Waals surface area (Å²) >= 11 is 0. The quantitative estimate of drug-likeness (QED) is 0.550. The van der Waals surface area contributed by atoms with Gasteiger partial charge in [0.15, 0.2) is 0 Å². The minimum Gasteiger partial charge on any atom is -0.247 e. The lowest BCUT2D eigenvalue weighted by atomic mass is 10.4. The van der Waals surface area contributed by atoms with Gasteiger partial charge in [-0.25, -0.2) is 9.97 Å². The van der Waals surface area contributed by atoms with Crippen LogP contribution in [-0.4, -0.2) is 4.98 Å². The maximum absolute atomic E-state index is 3.14. The molecule has 0 amide bonds. The molecule has 0 aromatic carbocycles. The third kappa shape index (κ3) is 0.529. The number of aromatic amines is 2. The Balaban J connectivity index is 2.28. The molecule has 1 aliphatic carbocycles. The lowest BCUT2D eigenvalue weighted by molar-refractivity contribution is -0.388. The average molecular weight is 109 g/mol. The van der Waals surface area contributed by atoms with E-state index in [1.807, 2.05) is 12.4 Å². The number of hydrogen-bond acceptors (Lipinski definition) is 0. The molecule has 2 nitrogen and oxygen atoms in total. The molecule has 8 heavy (non-hydrogen) atoms. The molecule has 1 fully saturated rings. The standard InChI is InChI=1S/C6H8N2/c1-2-5(1)6-7-3-4-8-6/h3-5H,1-2H2,(H,7,8)/p+1. The molecule has 1 saturated carbocycles. The molecule has 42 valence electrons. The Morgan fingerprint density at radius 3 is 3.00 bits per heavy atom. The predicted molar refractivity (Wildman–Crippen MR) is 29.3 cm³/mol. The van der Waals surface area contributed by atoms with E-state index in [1.54, 1.807) is 0 Å². The fourth-order valence-corrected chi connectivity index (χ4v) is 0.912. The van der Waals surface area contributed by atoms with Crippen molar-refractivity contribution in [2.75, 3.05) is 0 Å². The van der Waals surface area contributed by atoms with Crippen LogP contribution in [0.4, 0.5) is 0 Å². The Morgan fingerprint density at radius 2 is 2.50 bits per heavy atom. The van der Waals surface area contributed by atoms with E-state index < -0.39 is 0 Å². The van der Waals surface area contributed by atoms with Gasteiger partial charge in [-0.05, 0) is 12.8 Å². The van der Waals surface area contributed by atoms with Crippen LogP contribution in [0.3, 0.4) is 0 Å². The van der Waals surface area contributed by atoms with Gasteiger partial charge in [0.25, 0.3) is 5.82 Å². The third-order valence-electron chi connectivity index (χ3n) is 1.55. The lowest BCUT2D eigenvalue weighted by Crippen LogP contribution is -2.02. The molecule has 1 heterocycles. The van der Waals surface area contributed by atoms with Crippen molar-refractivity contribution in [2.24, 2.45) is 0 Å². The van der Waals surface area contributed by atoms with Gasteiger partial charge < -0.3 is 0 Å². The second kappa shape index (κ2) is 1.34. The van der Waals surface area contributed by atoms with Crippen molar-refractivity contribution in [3.05, 3.63) is 18.2 Å². The zero-order valence-corrected chi connectivity index (χ0v) is 4.65. The first-order valence-corrected chi connectivity index (χ1v) is 3.02. The van der Waals surface area contributed by atoms with Crippen LogP contribution in [0.15, 0.2) is 12.4 Å². The summed E-state index contributed by atoms with van der Waals surface area (Å²) in [6, 6.07) is 0. The first-order chi connectivity index (χ1) is 3.97.